The number of aryl methyl sites for hydroxylation is 1. The van der Waals surface area contributed by atoms with Gasteiger partial charge in [-0.25, -0.2) is 0 Å². The summed E-state index contributed by atoms with van der Waals surface area (Å²) >= 11 is 3.50. The molecule has 1 aliphatic rings. The summed E-state index contributed by atoms with van der Waals surface area (Å²) in [5, 5.41) is 9.74. The number of rotatable bonds is 3. The standard InChI is InChI=1S/C25H27BrN2/c1-16(2)28-24-10-17(3)20(13-23(24)18(4)14-25(28,5)6)11-21(15-27)19-8-7-9-22(26)12-19/h7-14,16H,1-6H3/b21-11-. The second kappa shape index (κ2) is 7.60. The van der Waals surface area contributed by atoms with Gasteiger partial charge in [0.05, 0.1) is 17.2 Å². The summed E-state index contributed by atoms with van der Waals surface area (Å²) in [6.07, 6.45) is 4.35. The molecular formula is C25H27BrN2. The highest BCUT2D eigenvalue weighted by molar-refractivity contribution is 9.10. The molecule has 0 saturated heterocycles. The van der Waals surface area contributed by atoms with Crippen LogP contribution in [0.5, 0.6) is 0 Å². The number of hydrogen-bond acceptors (Lipinski definition) is 2. The summed E-state index contributed by atoms with van der Waals surface area (Å²) in [7, 11) is 0. The van der Waals surface area contributed by atoms with Gasteiger partial charge in [-0.3, -0.25) is 0 Å². The van der Waals surface area contributed by atoms with E-state index in [1.807, 2.05) is 30.3 Å². The zero-order valence-electron chi connectivity index (χ0n) is 17.5. The van der Waals surface area contributed by atoms with E-state index >= 15 is 0 Å². The Bertz CT molecular complexity index is 1020. The van der Waals surface area contributed by atoms with Gasteiger partial charge in [0.15, 0.2) is 0 Å². The van der Waals surface area contributed by atoms with E-state index in [1.54, 1.807) is 0 Å². The van der Waals surface area contributed by atoms with Gasteiger partial charge in [0.2, 0.25) is 0 Å². The van der Waals surface area contributed by atoms with Crippen molar-refractivity contribution in [1.29, 1.82) is 5.26 Å². The van der Waals surface area contributed by atoms with E-state index in [2.05, 4.69) is 86.7 Å². The van der Waals surface area contributed by atoms with Gasteiger partial charge in [0.25, 0.3) is 0 Å². The molecule has 2 aromatic carbocycles. The summed E-state index contributed by atoms with van der Waals surface area (Å²) in [6, 6.07) is 15.2. The van der Waals surface area contributed by atoms with Crippen molar-refractivity contribution in [2.75, 3.05) is 4.90 Å². The predicted octanol–water partition coefficient (Wildman–Crippen LogP) is 7.23. The SMILES string of the molecule is CC1=CC(C)(C)N(C(C)C)c2cc(C)c(/C=C(/C#N)c3cccc(Br)c3)cc21. The first-order chi connectivity index (χ1) is 13.1. The predicted molar refractivity (Wildman–Crippen MR) is 124 cm³/mol. The average Bonchev–Trinajstić information content (AvgIpc) is 2.59. The van der Waals surface area contributed by atoms with Gasteiger partial charge in [-0.15, -0.1) is 0 Å². The quantitative estimate of drug-likeness (QED) is 0.376. The van der Waals surface area contributed by atoms with Crippen LogP contribution in [0.25, 0.3) is 17.2 Å². The van der Waals surface area contributed by atoms with E-state index in [0.717, 1.165) is 15.6 Å². The molecule has 3 rings (SSSR count). The third kappa shape index (κ3) is 3.80. The lowest BCUT2D eigenvalue weighted by Gasteiger charge is -2.46. The molecule has 0 unspecified atom stereocenters. The topological polar surface area (TPSA) is 27.0 Å². The van der Waals surface area contributed by atoms with Crippen LogP contribution in [0.2, 0.25) is 0 Å². The third-order valence-electron chi connectivity index (χ3n) is 5.33. The van der Waals surface area contributed by atoms with E-state index in [0.29, 0.717) is 11.6 Å². The van der Waals surface area contributed by atoms with Gasteiger partial charge in [0.1, 0.15) is 0 Å². The highest BCUT2D eigenvalue weighted by atomic mass is 79.9. The number of allylic oxidation sites excluding steroid dienone is 2. The number of nitrogens with zero attached hydrogens (tertiary/aromatic N) is 2. The second-order valence-corrected chi connectivity index (χ2v) is 9.27. The minimum absolute atomic E-state index is 0.0246. The molecule has 2 nitrogen and oxygen atoms in total. The minimum Gasteiger partial charge on any atom is -0.360 e. The highest BCUT2D eigenvalue weighted by Crippen LogP contribution is 2.42. The molecule has 1 aliphatic heterocycles. The summed E-state index contributed by atoms with van der Waals surface area (Å²) < 4.78 is 0.974. The van der Waals surface area contributed by atoms with Crippen molar-refractivity contribution in [3.63, 3.8) is 0 Å². The van der Waals surface area contributed by atoms with Crippen LogP contribution in [-0.4, -0.2) is 11.6 Å². The lowest BCUT2D eigenvalue weighted by Crippen LogP contribution is -2.49. The number of fused-ring (bicyclic) bond motifs is 1. The Labute approximate surface area is 177 Å². The lowest BCUT2D eigenvalue weighted by atomic mass is 9.85. The van der Waals surface area contributed by atoms with Crippen LogP contribution in [0.3, 0.4) is 0 Å². The normalized spacial score (nSPS) is 15.9. The van der Waals surface area contributed by atoms with E-state index in [-0.39, 0.29) is 5.54 Å². The average molecular weight is 435 g/mol. The zero-order chi connectivity index (χ0) is 20.6. The molecule has 0 aliphatic carbocycles. The number of anilines is 1. The summed E-state index contributed by atoms with van der Waals surface area (Å²) in [5.74, 6) is 0. The number of benzene rings is 2. The van der Waals surface area contributed by atoms with E-state index in [1.165, 1.54) is 22.4 Å². The Balaban J connectivity index is 2.16. The Morgan fingerprint density at radius 3 is 2.50 bits per heavy atom. The van der Waals surface area contributed by atoms with Crippen LogP contribution < -0.4 is 4.90 Å². The van der Waals surface area contributed by atoms with Crippen molar-refractivity contribution in [2.24, 2.45) is 0 Å². The first-order valence-electron chi connectivity index (χ1n) is 9.65. The van der Waals surface area contributed by atoms with Crippen LogP contribution in [0.1, 0.15) is 56.9 Å². The number of hydrogen-bond donors (Lipinski definition) is 0. The van der Waals surface area contributed by atoms with Crippen LogP contribution in [0.15, 0.2) is 46.9 Å². The van der Waals surface area contributed by atoms with Crippen LogP contribution in [0.4, 0.5) is 5.69 Å². The fourth-order valence-corrected chi connectivity index (χ4v) is 4.70. The largest absolute Gasteiger partial charge is 0.360 e. The number of nitriles is 1. The van der Waals surface area contributed by atoms with Gasteiger partial charge in [-0.1, -0.05) is 34.1 Å². The maximum atomic E-state index is 9.74. The molecule has 144 valence electrons. The molecule has 0 fully saturated rings. The lowest BCUT2D eigenvalue weighted by molar-refractivity contribution is 0.507. The van der Waals surface area contributed by atoms with Crippen LogP contribution in [0, 0.1) is 18.3 Å². The Hall–Kier alpha value is -2.31. The van der Waals surface area contributed by atoms with E-state index < -0.39 is 0 Å². The molecule has 0 aromatic heterocycles. The molecule has 0 amide bonds. The van der Waals surface area contributed by atoms with Gasteiger partial charge in [0, 0.05) is 21.8 Å². The molecule has 3 heteroatoms. The fourth-order valence-electron chi connectivity index (χ4n) is 4.30. The molecule has 0 atom stereocenters. The van der Waals surface area contributed by atoms with Crippen LogP contribution >= 0.6 is 15.9 Å². The molecule has 0 N–H and O–H groups in total. The first-order valence-corrected chi connectivity index (χ1v) is 10.4. The molecule has 28 heavy (non-hydrogen) atoms. The van der Waals surface area contributed by atoms with E-state index in [9.17, 15) is 5.26 Å². The maximum Gasteiger partial charge on any atom is 0.0998 e. The molecule has 0 saturated carbocycles. The first kappa shape index (κ1) is 20.4. The highest BCUT2D eigenvalue weighted by Gasteiger charge is 2.33. The monoisotopic (exact) mass is 434 g/mol. The molecule has 2 aromatic rings. The van der Waals surface area contributed by atoms with Gasteiger partial charge in [-0.05, 0) is 94.1 Å². The molecular weight excluding hydrogens is 408 g/mol. The number of halogens is 1. The Kier molecular flexibility index (Phi) is 5.55. The summed E-state index contributed by atoms with van der Waals surface area (Å²) in [6.45, 7) is 13.3. The maximum absolute atomic E-state index is 9.74. The fraction of sp³-hybridized carbons (Fsp3) is 0.320. The van der Waals surface area contributed by atoms with E-state index in [4.69, 9.17) is 0 Å². The van der Waals surface area contributed by atoms with Crippen LogP contribution in [-0.2, 0) is 0 Å². The van der Waals surface area contributed by atoms with Crippen molar-refractivity contribution >= 4 is 38.8 Å². The van der Waals surface area contributed by atoms with Crippen molar-refractivity contribution in [3.8, 4) is 6.07 Å². The van der Waals surface area contributed by atoms with Crippen molar-refractivity contribution in [2.45, 2.75) is 53.1 Å². The Morgan fingerprint density at radius 2 is 1.89 bits per heavy atom. The van der Waals surface area contributed by atoms with Gasteiger partial charge >= 0.3 is 0 Å². The second-order valence-electron chi connectivity index (χ2n) is 8.35. The van der Waals surface area contributed by atoms with Gasteiger partial charge in [-0.2, -0.15) is 5.26 Å². The van der Waals surface area contributed by atoms with Crippen molar-refractivity contribution in [1.82, 2.24) is 0 Å². The third-order valence-corrected chi connectivity index (χ3v) is 5.82. The summed E-state index contributed by atoms with van der Waals surface area (Å²) in [4.78, 5) is 2.48. The Morgan fingerprint density at radius 1 is 1.18 bits per heavy atom. The van der Waals surface area contributed by atoms with Crippen molar-refractivity contribution in [3.05, 3.63) is 69.2 Å². The van der Waals surface area contributed by atoms with Gasteiger partial charge < -0.3 is 4.90 Å². The molecule has 0 spiro atoms. The smallest absolute Gasteiger partial charge is 0.0998 e. The molecule has 0 radical (unpaired) electrons. The summed E-state index contributed by atoms with van der Waals surface area (Å²) in [5.41, 5.74) is 7.64. The zero-order valence-corrected chi connectivity index (χ0v) is 19.1. The molecule has 1 heterocycles. The van der Waals surface area contributed by atoms with Crippen molar-refractivity contribution < 1.29 is 0 Å². The minimum atomic E-state index is -0.0246. The molecule has 0 bridgehead atoms.